The molecule has 0 aliphatic carbocycles. The van der Waals surface area contributed by atoms with Gasteiger partial charge in [0.2, 0.25) is 0 Å². The van der Waals surface area contributed by atoms with Gasteiger partial charge in [0.05, 0.1) is 24.3 Å². The summed E-state index contributed by atoms with van der Waals surface area (Å²) in [7, 11) is 0. The van der Waals surface area contributed by atoms with Crippen LogP contribution in [0.15, 0.2) is 24.3 Å². The highest BCUT2D eigenvalue weighted by atomic mass is 32.1. The lowest BCUT2D eigenvalue weighted by atomic mass is 10.2. The molecule has 1 aromatic carbocycles. The second-order valence-corrected chi connectivity index (χ2v) is 5.81. The van der Waals surface area contributed by atoms with E-state index in [2.05, 4.69) is 40.9 Å². The van der Waals surface area contributed by atoms with Crippen molar-refractivity contribution in [1.29, 1.82) is 0 Å². The Kier molecular flexibility index (Phi) is 3.48. The van der Waals surface area contributed by atoms with E-state index in [1.807, 2.05) is 0 Å². The van der Waals surface area contributed by atoms with E-state index in [0.29, 0.717) is 0 Å². The number of aromatic nitrogens is 1. The zero-order valence-electron chi connectivity index (χ0n) is 10.8. The Morgan fingerprint density at radius 1 is 1.44 bits per heavy atom. The van der Waals surface area contributed by atoms with Crippen LogP contribution in [-0.4, -0.2) is 30.0 Å². The molecule has 4 heteroatoms. The fourth-order valence-electron chi connectivity index (χ4n) is 2.93. The largest absolute Gasteiger partial charge is 0.363 e. The molecule has 2 N–H and O–H groups in total. The van der Waals surface area contributed by atoms with Gasteiger partial charge in [-0.25, -0.2) is 0 Å². The van der Waals surface area contributed by atoms with Gasteiger partial charge in [-0.05, 0) is 30.6 Å². The van der Waals surface area contributed by atoms with Crippen LogP contribution < -0.4 is 10.2 Å². The molecule has 18 heavy (non-hydrogen) atoms. The summed E-state index contributed by atoms with van der Waals surface area (Å²) in [5, 5.41) is 4.81. The van der Waals surface area contributed by atoms with Crippen molar-refractivity contribution in [2.24, 2.45) is 0 Å². The Balaban J connectivity index is 1.69. The molecule has 1 fully saturated rings. The molecule has 0 amide bonds. The van der Waals surface area contributed by atoms with Crippen LogP contribution in [0.2, 0.25) is 0 Å². The number of hydrogen-bond donors (Lipinski definition) is 2. The molecule has 0 radical (unpaired) electrons. The standard InChI is InChI=1S/C14H19N3S/c1-2-17-9-5-6-11(17)10-15-14-12-7-3-4-8-13(12)18-16-14/h3-4,7-8,11H,2,5-6,9-10H2,1H3,(H,15,16)/p+1/t11-/m0/s1. The molecular formula is C14H20N3S+. The number of benzene rings is 1. The van der Waals surface area contributed by atoms with Gasteiger partial charge >= 0.3 is 0 Å². The maximum absolute atomic E-state index is 4.53. The molecule has 0 saturated carbocycles. The fraction of sp³-hybridized carbons (Fsp3) is 0.500. The number of likely N-dealkylation sites (N-methyl/N-ethyl adjacent to an activating group) is 1. The third-order valence-electron chi connectivity index (χ3n) is 3.98. The van der Waals surface area contributed by atoms with Crippen LogP contribution in [0.1, 0.15) is 19.8 Å². The van der Waals surface area contributed by atoms with Crippen molar-refractivity contribution in [3.8, 4) is 0 Å². The second kappa shape index (κ2) is 5.24. The minimum absolute atomic E-state index is 0.760. The van der Waals surface area contributed by atoms with Crippen LogP contribution >= 0.6 is 11.5 Å². The summed E-state index contributed by atoms with van der Waals surface area (Å²) in [6, 6.07) is 9.21. The number of nitrogens with one attached hydrogen (secondary N) is 2. The molecule has 1 aromatic heterocycles. The number of quaternary nitrogens is 1. The zero-order valence-corrected chi connectivity index (χ0v) is 11.6. The number of nitrogens with zero attached hydrogens (tertiary/aromatic N) is 1. The van der Waals surface area contributed by atoms with Gasteiger partial charge in [-0.3, -0.25) is 0 Å². The Hall–Kier alpha value is -1.13. The zero-order chi connectivity index (χ0) is 12.4. The van der Waals surface area contributed by atoms with E-state index in [4.69, 9.17) is 0 Å². The van der Waals surface area contributed by atoms with Gasteiger partial charge in [0, 0.05) is 18.2 Å². The summed E-state index contributed by atoms with van der Waals surface area (Å²) in [5.41, 5.74) is 0. The number of hydrogen-bond acceptors (Lipinski definition) is 3. The topological polar surface area (TPSA) is 29.4 Å². The summed E-state index contributed by atoms with van der Waals surface area (Å²) < 4.78 is 5.80. The normalized spacial score (nSPS) is 23.6. The van der Waals surface area contributed by atoms with Crippen molar-refractivity contribution in [3.05, 3.63) is 24.3 Å². The van der Waals surface area contributed by atoms with Gasteiger partial charge in [-0.15, -0.1) is 0 Å². The predicted octanol–water partition coefficient (Wildman–Crippen LogP) is 1.78. The van der Waals surface area contributed by atoms with Crippen molar-refractivity contribution in [3.63, 3.8) is 0 Å². The number of rotatable bonds is 4. The highest BCUT2D eigenvalue weighted by Crippen LogP contribution is 2.26. The summed E-state index contributed by atoms with van der Waals surface area (Å²) in [4.78, 5) is 1.74. The average Bonchev–Trinajstić information content (AvgIpc) is 3.02. The van der Waals surface area contributed by atoms with Gasteiger partial charge in [0.15, 0.2) is 0 Å². The number of anilines is 1. The van der Waals surface area contributed by atoms with Crippen LogP contribution in [0.25, 0.3) is 10.1 Å². The molecule has 0 bridgehead atoms. The van der Waals surface area contributed by atoms with Crippen molar-refractivity contribution in [2.45, 2.75) is 25.8 Å². The van der Waals surface area contributed by atoms with E-state index in [1.165, 1.54) is 36.0 Å². The molecule has 2 heterocycles. The minimum atomic E-state index is 0.760. The monoisotopic (exact) mass is 262 g/mol. The van der Waals surface area contributed by atoms with Crippen LogP contribution in [0.4, 0.5) is 5.82 Å². The molecule has 1 aliphatic heterocycles. The predicted molar refractivity (Wildman–Crippen MR) is 77.5 cm³/mol. The Bertz CT molecular complexity index is 522. The molecule has 3 nitrogen and oxygen atoms in total. The van der Waals surface area contributed by atoms with E-state index in [9.17, 15) is 0 Å². The smallest absolute Gasteiger partial charge is 0.147 e. The van der Waals surface area contributed by atoms with Crippen LogP contribution in [0, 0.1) is 0 Å². The molecule has 1 unspecified atom stereocenters. The van der Waals surface area contributed by atoms with Crippen molar-refractivity contribution >= 4 is 27.4 Å². The first kappa shape index (κ1) is 11.9. The van der Waals surface area contributed by atoms with Crippen molar-refractivity contribution in [1.82, 2.24) is 4.37 Å². The first-order chi connectivity index (χ1) is 8.88. The summed E-state index contributed by atoms with van der Waals surface area (Å²) in [6.07, 6.45) is 2.71. The number of fused-ring (bicyclic) bond motifs is 1. The SMILES string of the molecule is CC[NH+]1CCC[C@H]1CNc1nsc2ccccc12. The van der Waals surface area contributed by atoms with E-state index in [0.717, 1.165) is 18.4 Å². The molecule has 1 saturated heterocycles. The minimum Gasteiger partial charge on any atom is -0.363 e. The van der Waals surface area contributed by atoms with Gasteiger partial charge in [-0.1, -0.05) is 12.1 Å². The molecule has 96 valence electrons. The van der Waals surface area contributed by atoms with Gasteiger partial charge in [-0.2, -0.15) is 4.37 Å². The van der Waals surface area contributed by atoms with E-state index >= 15 is 0 Å². The third kappa shape index (κ3) is 2.22. The maximum Gasteiger partial charge on any atom is 0.147 e. The lowest BCUT2D eigenvalue weighted by Crippen LogP contribution is -3.14. The average molecular weight is 262 g/mol. The molecule has 3 rings (SSSR count). The van der Waals surface area contributed by atoms with Crippen LogP contribution in [0.3, 0.4) is 0 Å². The van der Waals surface area contributed by atoms with Crippen LogP contribution in [-0.2, 0) is 0 Å². The van der Waals surface area contributed by atoms with E-state index < -0.39 is 0 Å². The number of likely N-dealkylation sites (tertiary alicyclic amines) is 1. The van der Waals surface area contributed by atoms with Gasteiger partial charge < -0.3 is 10.2 Å². The Morgan fingerprint density at radius 3 is 3.22 bits per heavy atom. The quantitative estimate of drug-likeness (QED) is 0.879. The first-order valence-electron chi connectivity index (χ1n) is 6.81. The Labute approximate surface area is 112 Å². The van der Waals surface area contributed by atoms with Crippen molar-refractivity contribution < 1.29 is 4.90 Å². The van der Waals surface area contributed by atoms with E-state index in [1.54, 1.807) is 16.4 Å². The summed E-state index contributed by atoms with van der Waals surface area (Å²) >= 11 is 1.58. The van der Waals surface area contributed by atoms with Crippen molar-refractivity contribution in [2.75, 3.05) is 25.0 Å². The molecular weight excluding hydrogens is 242 g/mol. The molecule has 2 atom stereocenters. The molecule has 2 aromatic rings. The summed E-state index contributed by atoms with van der Waals surface area (Å²) in [6.45, 7) is 5.91. The lowest BCUT2D eigenvalue weighted by Gasteiger charge is -2.20. The molecule has 0 spiro atoms. The fourth-order valence-corrected chi connectivity index (χ4v) is 3.68. The van der Waals surface area contributed by atoms with Gasteiger partial charge in [0.1, 0.15) is 11.9 Å². The Morgan fingerprint density at radius 2 is 2.33 bits per heavy atom. The lowest BCUT2D eigenvalue weighted by molar-refractivity contribution is -0.908. The van der Waals surface area contributed by atoms with Gasteiger partial charge in [0.25, 0.3) is 0 Å². The highest BCUT2D eigenvalue weighted by molar-refractivity contribution is 7.13. The summed E-state index contributed by atoms with van der Waals surface area (Å²) in [5.74, 6) is 1.07. The second-order valence-electron chi connectivity index (χ2n) is 5.01. The third-order valence-corrected chi connectivity index (χ3v) is 4.80. The highest BCUT2D eigenvalue weighted by Gasteiger charge is 2.26. The maximum atomic E-state index is 4.53. The van der Waals surface area contributed by atoms with Crippen LogP contribution in [0.5, 0.6) is 0 Å². The molecule has 1 aliphatic rings. The van der Waals surface area contributed by atoms with E-state index in [-0.39, 0.29) is 0 Å². The first-order valence-corrected chi connectivity index (χ1v) is 7.58.